The Morgan fingerprint density at radius 1 is 1.26 bits per heavy atom. The monoisotopic (exact) mass is 311 g/mol. The van der Waals surface area contributed by atoms with Crippen molar-refractivity contribution in [2.75, 3.05) is 0 Å². The molecule has 0 bridgehead atoms. The molecule has 3 aromatic rings. The molecule has 1 N–H and O–H groups in total. The molecule has 6 nitrogen and oxygen atoms in total. The first-order chi connectivity index (χ1) is 11.0. The fourth-order valence-electron chi connectivity index (χ4n) is 2.81. The third-order valence-electron chi connectivity index (χ3n) is 3.99. The van der Waals surface area contributed by atoms with E-state index in [0.717, 1.165) is 16.9 Å². The second-order valence-corrected chi connectivity index (χ2v) is 6.15. The Morgan fingerprint density at radius 3 is 2.70 bits per heavy atom. The third kappa shape index (κ3) is 2.84. The van der Waals surface area contributed by atoms with Crippen LogP contribution in [0.3, 0.4) is 0 Å². The SMILES string of the molecule is Cc1cccc2ncc(C(=O)NC(c3cnn(C)c3)C(C)C)n12. The maximum absolute atomic E-state index is 12.8. The number of aromatic nitrogens is 4. The van der Waals surface area contributed by atoms with Crippen LogP contribution in [0.4, 0.5) is 0 Å². The molecular formula is C17H21N5O. The lowest BCUT2D eigenvalue weighted by Crippen LogP contribution is -2.32. The molecule has 0 fully saturated rings. The Hall–Kier alpha value is -2.63. The van der Waals surface area contributed by atoms with Crippen molar-refractivity contribution >= 4 is 11.6 Å². The molecule has 0 aromatic carbocycles. The van der Waals surface area contributed by atoms with Crippen LogP contribution in [0.2, 0.25) is 0 Å². The van der Waals surface area contributed by atoms with E-state index in [1.54, 1.807) is 17.1 Å². The lowest BCUT2D eigenvalue weighted by Gasteiger charge is -2.21. The number of pyridine rings is 1. The number of nitrogens with zero attached hydrogens (tertiary/aromatic N) is 4. The number of carbonyl (C=O) groups is 1. The van der Waals surface area contributed by atoms with E-state index in [1.807, 2.05) is 42.8 Å². The number of fused-ring (bicyclic) bond motifs is 1. The number of hydrogen-bond acceptors (Lipinski definition) is 3. The highest BCUT2D eigenvalue weighted by Gasteiger charge is 2.22. The molecule has 0 saturated carbocycles. The summed E-state index contributed by atoms with van der Waals surface area (Å²) in [6, 6.07) is 5.70. The van der Waals surface area contributed by atoms with Crippen molar-refractivity contribution in [2.24, 2.45) is 13.0 Å². The number of aryl methyl sites for hydroxylation is 2. The summed E-state index contributed by atoms with van der Waals surface area (Å²) in [6.07, 6.45) is 5.35. The summed E-state index contributed by atoms with van der Waals surface area (Å²) >= 11 is 0. The van der Waals surface area contributed by atoms with Crippen LogP contribution in [0.25, 0.3) is 5.65 Å². The van der Waals surface area contributed by atoms with Gasteiger partial charge < -0.3 is 5.32 Å². The fourth-order valence-corrected chi connectivity index (χ4v) is 2.81. The van der Waals surface area contributed by atoms with E-state index in [2.05, 4.69) is 29.2 Å². The summed E-state index contributed by atoms with van der Waals surface area (Å²) in [5.74, 6) is 0.123. The van der Waals surface area contributed by atoms with Gasteiger partial charge >= 0.3 is 0 Å². The molecule has 1 amide bonds. The lowest BCUT2D eigenvalue weighted by molar-refractivity contribution is 0.0919. The average molecular weight is 311 g/mol. The Morgan fingerprint density at radius 2 is 2.04 bits per heavy atom. The number of rotatable bonds is 4. The van der Waals surface area contributed by atoms with Gasteiger partial charge in [-0.3, -0.25) is 13.9 Å². The van der Waals surface area contributed by atoms with Gasteiger partial charge in [0.05, 0.1) is 18.4 Å². The lowest BCUT2D eigenvalue weighted by atomic mass is 9.98. The molecule has 3 heterocycles. The smallest absolute Gasteiger partial charge is 0.270 e. The number of hydrogen-bond donors (Lipinski definition) is 1. The second-order valence-electron chi connectivity index (χ2n) is 6.15. The zero-order chi connectivity index (χ0) is 16.6. The highest BCUT2D eigenvalue weighted by Crippen LogP contribution is 2.22. The molecule has 0 aliphatic carbocycles. The number of nitrogens with one attached hydrogen (secondary N) is 1. The van der Waals surface area contributed by atoms with Crippen LogP contribution in [-0.4, -0.2) is 25.1 Å². The van der Waals surface area contributed by atoms with E-state index in [0.29, 0.717) is 5.69 Å². The molecule has 6 heteroatoms. The van der Waals surface area contributed by atoms with Crippen LogP contribution < -0.4 is 5.32 Å². The molecule has 120 valence electrons. The predicted molar refractivity (Wildman–Crippen MR) is 88.2 cm³/mol. The summed E-state index contributed by atoms with van der Waals surface area (Å²) in [7, 11) is 1.87. The maximum Gasteiger partial charge on any atom is 0.270 e. The molecule has 3 aromatic heterocycles. The van der Waals surface area contributed by atoms with E-state index in [-0.39, 0.29) is 17.9 Å². The van der Waals surface area contributed by atoms with Crippen LogP contribution in [0, 0.1) is 12.8 Å². The van der Waals surface area contributed by atoms with Crippen LogP contribution in [0.1, 0.15) is 41.6 Å². The van der Waals surface area contributed by atoms with Crippen LogP contribution in [-0.2, 0) is 7.05 Å². The van der Waals surface area contributed by atoms with Crippen molar-refractivity contribution in [2.45, 2.75) is 26.8 Å². The highest BCUT2D eigenvalue weighted by molar-refractivity contribution is 5.93. The zero-order valence-corrected chi connectivity index (χ0v) is 13.8. The minimum absolute atomic E-state index is 0.0919. The normalized spacial score (nSPS) is 12.7. The minimum atomic E-state index is -0.130. The van der Waals surface area contributed by atoms with Crippen molar-refractivity contribution in [3.63, 3.8) is 0 Å². The van der Waals surface area contributed by atoms with Gasteiger partial charge in [0, 0.05) is 24.5 Å². The van der Waals surface area contributed by atoms with Gasteiger partial charge in [0.15, 0.2) is 0 Å². The Kier molecular flexibility index (Phi) is 3.90. The van der Waals surface area contributed by atoms with Crippen LogP contribution in [0.15, 0.2) is 36.8 Å². The molecule has 1 unspecified atom stereocenters. The van der Waals surface area contributed by atoms with Gasteiger partial charge in [-0.1, -0.05) is 19.9 Å². The Bertz CT molecular complexity index is 846. The fraction of sp³-hybridized carbons (Fsp3) is 0.353. The van der Waals surface area contributed by atoms with Gasteiger partial charge in [-0.25, -0.2) is 4.98 Å². The number of imidazole rings is 1. The number of amides is 1. The van der Waals surface area contributed by atoms with Crippen molar-refractivity contribution in [1.82, 2.24) is 24.5 Å². The van der Waals surface area contributed by atoms with Crippen molar-refractivity contribution < 1.29 is 4.79 Å². The molecule has 0 spiro atoms. The molecular weight excluding hydrogens is 290 g/mol. The standard InChI is InChI=1S/C17H21N5O/c1-11(2)16(13-8-19-21(4)10-13)20-17(23)14-9-18-15-7-5-6-12(3)22(14)15/h5-11,16H,1-4H3,(H,20,23). The first-order valence-corrected chi connectivity index (χ1v) is 7.70. The summed E-state index contributed by atoms with van der Waals surface area (Å²) in [6.45, 7) is 6.13. The molecule has 0 radical (unpaired) electrons. The van der Waals surface area contributed by atoms with Gasteiger partial charge in [-0.2, -0.15) is 5.10 Å². The van der Waals surface area contributed by atoms with Gasteiger partial charge in [0.25, 0.3) is 5.91 Å². The molecule has 3 rings (SSSR count). The molecule has 0 aliphatic rings. The maximum atomic E-state index is 12.8. The van der Waals surface area contributed by atoms with Gasteiger partial charge in [-0.15, -0.1) is 0 Å². The minimum Gasteiger partial charge on any atom is -0.344 e. The van der Waals surface area contributed by atoms with Gasteiger partial charge in [0.1, 0.15) is 11.3 Å². The number of carbonyl (C=O) groups excluding carboxylic acids is 1. The van der Waals surface area contributed by atoms with E-state index in [1.165, 1.54) is 0 Å². The van der Waals surface area contributed by atoms with Crippen LogP contribution in [0.5, 0.6) is 0 Å². The zero-order valence-electron chi connectivity index (χ0n) is 13.8. The molecule has 0 aliphatic heterocycles. The van der Waals surface area contributed by atoms with E-state index in [4.69, 9.17) is 0 Å². The summed E-state index contributed by atoms with van der Waals surface area (Å²) in [5.41, 5.74) is 3.30. The average Bonchev–Trinajstić information content (AvgIpc) is 3.11. The second kappa shape index (κ2) is 5.87. The van der Waals surface area contributed by atoms with Crippen molar-refractivity contribution in [3.8, 4) is 0 Å². The third-order valence-corrected chi connectivity index (χ3v) is 3.99. The first kappa shape index (κ1) is 15.3. The van der Waals surface area contributed by atoms with E-state index < -0.39 is 0 Å². The van der Waals surface area contributed by atoms with Gasteiger partial charge in [-0.05, 0) is 25.0 Å². The Labute approximate surface area is 135 Å². The molecule has 23 heavy (non-hydrogen) atoms. The summed E-state index contributed by atoms with van der Waals surface area (Å²) in [5, 5.41) is 7.32. The first-order valence-electron chi connectivity index (χ1n) is 7.70. The summed E-state index contributed by atoms with van der Waals surface area (Å²) in [4.78, 5) is 17.1. The topological polar surface area (TPSA) is 64.2 Å². The van der Waals surface area contributed by atoms with Gasteiger partial charge in [0.2, 0.25) is 0 Å². The van der Waals surface area contributed by atoms with Crippen molar-refractivity contribution in [3.05, 3.63) is 53.7 Å². The van der Waals surface area contributed by atoms with E-state index in [9.17, 15) is 4.79 Å². The predicted octanol–water partition coefficient (Wildman–Crippen LogP) is 2.50. The quantitative estimate of drug-likeness (QED) is 0.805. The highest BCUT2D eigenvalue weighted by atomic mass is 16.2. The largest absolute Gasteiger partial charge is 0.344 e. The Balaban J connectivity index is 1.92. The summed E-state index contributed by atoms with van der Waals surface area (Å²) < 4.78 is 3.62. The van der Waals surface area contributed by atoms with Crippen molar-refractivity contribution in [1.29, 1.82) is 0 Å². The molecule has 0 saturated heterocycles. The molecule has 1 atom stereocenters. The van der Waals surface area contributed by atoms with Crippen LogP contribution >= 0.6 is 0 Å². The van der Waals surface area contributed by atoms with E-state index >= 15 is 0 Å².